The van der Waals surface area contributed by atoms with Crippen LogP contribution in [0.25, 0.3) is 0 Å². The Morgan fingerprint density at radius 1 is 0.960 bits per heavy atom. The number of hydrogen-bond acceptors (Lipinski definition) is 2. The molecule has 0 bridgehead atoms. The number of fused-ring (bicyclic) bond motifs is 1. The maximum atomic E-state index is 6.50. The van der Waals surface area contributed by atoms with E-state index in [1.54, 1.807) is 0 Å². The van der Waals surface area contributed by atoms with Crippen LogP contribution >= 0.6 is 0 Å². The maximum Gasteiger partial charge on any atom is 0.174 e. The highest BCUT2D eigenvalue weighted by Crippen LogP contribution is 2.39. The molecule has 0 fully saturated rings. The van der Waals surface area contributed by atoms with E-state index in [9.17, 15) is 0 Å². The fourth-order valence-corrected chi connectivity index (χ4v) is 3.40. The molecule has 1 aliphatic heterocycles. The topological polar surface area (TPSA) is 21.3 Å². The number of rotatable bonds is 2. The van der Waals surface area contributed by atoms with Gasteiger partial charge in [-0.25, -0.2) is 0 Å². The SMILES string of the molecule is Cc1cc(C(C)(C)C)cc(C(C)(C)C)c1O[C@H]1Cc2ccccc2N1. The molecule has 25 heavy (non-hydrogen) atoms. The van der Waals surface area contributed by atoms with Crippen LogP contribution in [0.2, 0.25) is 0 Å². The highest BCUT2D eigenvalue weighted by Gasteiger charge is 2.28. The van der Waals surface area contributed by atoms with E-state index >= 15 is 0 Å². The third-order valence-electron chi connectivity index (χ3n) is 4.95. The molecule has 1 heterocycles. The van der Waals surface area contributed by atoms with Crippen LogP contribution in [0.1, 0.15) is 63.8 Å². The van der Waals surface area contributed by atoms with Gasteiger partial charge >= 0.3 is 0 Å². The van der Waals surface area contributed by atoms with E-state index in [0.29, 0.717) is 0 Å². The van der Waals surface area contributed by atoms with Crippen molar-refractivity contribution < 1.29 is 4.74 Å². The molecular weight excluding hydrogens is 306 g/mol. The van der Waals surface area contributed by atoms with Gasteiger partial charge in [0.05, 0.1) is 0 Å². The lowest BCUT2D eigenvalue weighted by molar-refractivity contribution is 0.231. The predicted octanol–water partition coefficient (Wildman–Crippen LogP) is 5.96. The molecule has 2 nitrogen and oxygen atoms in total. The van der Waals surface area contributed by atoms with Crippen molar-refractivity contribution in [1.82, 2.24) is 0 Å². The maximum absolute atomic E-state index is 6.50. The minimum Gasteiger partial charge on any atom is -0.470 e. The normalized spacial score (nSPS) is 17.2. The molecule has 0 saturated carbocycles. The lowest BCUT2D eigenvalue weighted by atomic mass is 9.79. The number of hydrogen-bond donors (Lipinski definition) is 1. The number of aryl methyl sites for hydroxylation is 1. The molecule has 0 aromatic heterocycles. The second kappa shape index (κ2) is 6.09. The lowest BCUT2D eigenvalue weighted by Gasteiger charge is -2.30. The van der Waals surface area contributed by atoms with E-state index in [1.165, 1.54) is 27.9 Å². The van der Waals surface area contributed by atoms with Crippen LogP contribution in [0.5, 0.6) is 5.75 Å². The highest BCUT2D eigenvalue weighted by atomic mass is 16.5. The minimum absolute atomic E-state index is 0.00214. The van der Waals surface area contributed by atoms with Gasteiger partial charge in [-0.15, -0.1) is 0 Å². The first-order valence-electron chi connectivity index (χ1n) is 9.22. The van der Waals surface area contributed by atoms with E-state index in [0.717, 1.165) is 12.2 Å². The van der Waals surface area contributed by atoms with Crippen molar-refractivity contribution in [2.75, 3.05) is 5.32 Å². The quantitative estimate of drug-likeness (QED) is 0.729. The Hall–Kier alpha value is -1.96. The Balaban J connectivity index is 1.96. The fraction of sp³-hybridized carbons (Fsp3) is 0.478. The number of benzene rings is 2. The zero-order valence-corrected chi connectivity index (χ0v) is 16.7. The molecule has 0 radical (unpaired) electrons. The Bertz CT molecular complexity index is 753. The van der Waals surface area contributed by atoms with Gasteiger partial charge in [-0.05, 0) is 40.5 Å². The molecule has 2 aromatic carbocycles. The van der Waals surface area contributed by atoms with Crippen LogP contribution in [0, 0.1) is 6.92 Å². The summed E-state index contributed by atoms with van der Waals surface area (Å²) in [5, 5.41) is 3.51. The minimum atomic E-state index is -0.00214. The molecule has 3 rings (SSSR count). The first-order valence-corrected chi connectivity index (χ1v) is 9.22. The van der Waals surface area contributed by atoms with Crippen LogP contribution in [-0.4, -0.2) is 6.23 Å². The molecule has 1 N–H and O–H groups in total. The second-order valence-corrected chi connectivity index (χ2v) is 9.28. The molecule has 0 saturated heterocycles. The summed E-state index contributed by atoms with van der Waals surface area (Å²) in [4.78, 5) is 0. The van der Waals surface area contributed by atoms with Crippen molar-refractivity contribution in [2.24, 2.45) is 0 Å². The fourth-order valence-electron chi connectivity index (χ4n) is 3.40. The first kappa shape index (κ1) is 17.8. The van der Waals surface area contributed by atoms with Gasteiger partial charge in [-0.1, -0.05) is 71.9 Å². The standard InChI is InChI=1S/C23H31NO/c1-15-12-17(22(2,3)4)14-18(23(5,6)7)21(15)25-20-13-16-10-8-9-11-19(16)24-20/h8-12,14,20,24H,13H2,1-7H3/t20-/m0/s1. The summed E-state index contributed by atoms with van der Waals surface area (Å²) in [6, 6.07) is 13.1. The van der Waals surface area contributed by atoms with Crippen LogP contribution in [0.3, 0.4) is 0 Å². The molecule has 2 aromatic rings. The number of ether oxygens (including phenoxy) is 1. The van der Waals surface area contributed by atoms with E-state index in [4.69, 9.17) is 4.74 Å². The summed E-state index contributed by atoms with van der Waals surface area (Å²) in [5.74, 6) is 1.03. The first-order chi connectivity index (χ1) is 11.6. The van der Waals surface area contributed by atoms with Crippen molar-refractivity contribution in [3.63, 3.8) is 0 Å². The largest absolute Gasteiger partial charge is 0.470 e. The van der Waals surface area contributed by atoms with Crippen LogP contribution in [-0.2, 0) is 17.3 Å². The number of para-hydroxylation sites is 1. The molecule has 2 heteroatoms. The molecule has 1 aliphatic rings. The van der Waals surface area contributed by atoms with Crippen molar-refractivity contribution in [3.8, 4) is 5.75 Å². The molecular formula is C23H31NO. The summed E-state index contributed by atoms with van der Waals surface area (Å²) < 4.78 is 6.50. The van der Waals surface area contributed by atoms with E-state index in [2.05, 4.69) is 90.2 Å². The summed E-state index contributed by atoms with van der Waals surface area (Å²) in [6.45, 7) is 15.8. The monoisotopic (exact) mass is 337 g/mol. The Morgan fingerprint density at radius 2 is 1.64 bits per heavy atom. The van der Waals surface area contributed by atoms with Crippen LogP contribution in [0.15, 0.2) is 36.4 Å². The smallest absolute Gasteiger partial charge is 0.174 e. The summed E-state index contributed by atoms with van der Waals surface area (Å²) in [5.41, 5.74) is 6.55. The summed E-state index contributed by atoms with van der Waals surface area (Å²) in [6.07, 6.45) is 0.901. The van der Waals surface area contributed by atoms with Crippen molar-refractivity contribution in [3.05, 3.63) is 58.7 Å². The van der Waals surface area contributed by atoms with Gasteiger partial charge in [0.25, 0.3) is 0 Å². The number of nitrogens with one attached hydrogen (secondary N) is 1. The Kier molecular flexibility index (Phi) is 4.35. The third kappa shape index (κ3) is 3.68. The molecule has 134 valence electrons. The van der Waals surface area contributed by atoms with E-state index < -0.39 is 0 Å². The van der Waals surface area contributed by atoms with Crippen molar-refractivity contribution in [1.29, 1.82) is 0 Å². The molecule has 0 spiro atoms. The molecule has 1 atom stereocenters. The average Bonchev–Trinajstić information content (AvgIpc) is 2.89. The van der Waals surface area contributed by atoms with Gasteiger partial charge in [0.2, 0.25) is 0 Å². The van der Waals surface area contributed by atoms with E-state index in [1.807, 2.05) is 0 Å². The second-order valence-electron chi connectivity index (χ2n) is 9.28. The van der Waals surface area contributed by atoms with Crippen molar-refractivity contribution >= 4 is 5.69 Å². The predicted molar refractivity (Wildman–Crippen MR) is 107 cm³/mol. The third-order valence-corrected chi connectivity index (χ3v) is 4.95. The molecule has 0 aliphatic carbocycles. The van der Waals surface area contributed by atoms with Gasteiger partial charge < -0.3 is 10.1 Å². The van der Waals surface area contributed by atoms with Crippen LogP contribution < -0.4 is 10.1 Å². The van der Waals surface area contributed by atoms with E-state index in [-0.39, 0.29) is 17.1 Å². The van der Waals surface area contributed by atoms with Crippen LogP contribution in [0.4, 0.5) is 5.69 Å². The lowest BCUT2D eigenvalue weighted by Crippen LogP contribution is -2.26. The van der Waals surface area contributed by atoms with Gasteiger partial charge in [0, 0.05) is 17.7 Å². The summed E-state index contributed by atoms with van der Waals surface area (Å²) >= 11 is 0. The highest BCUT2D eigenvalue weighted by molar-refractivity contribution is 5.57. The average molecular weight is 338 g/mol. The molecule has 0 amide bonds. The Labute approximate surface area is 152 Å². The summed E-state index contributed by atoms with van der Waals surface area (Å²) in [7, 11) is 0. The zero-order valence-electron chi connectivity index (χ0n) is 16.7. The van der Waals surface area contributed by atoms with Gasteiger partial charge in [0.15, 0.2) is 6.23 Å². The van der Waals surface area contributed by atoms with Gasteiger partial charge in [-0.3, -0.25) is 0 Å². The van der Waals surface area contributed by atoms with Crippen molar-refractivity contribution in [2.45, 2.75) is 71.9 Å². The molecule has 0 unspecified atom stereocenters. The Morgan fingerprint density at radius 3 is 2.24 bits per heavy atom. The van der Waals surface area contributed by atoms with Gasteiger partial charge in [0.1, 0.15) is 5.75 Å². The zero-order chi connectivity index (χ0) is 18.4. The van der Waals surface area contributed by atoms with Gasteiger partial charge in [-0.2, -0.15) is 0 Å². The number of anilines is 1.